The minimum atomic E-state index is 0.253. The van der Waals surface area contributed by atoms with Crippen LogP contribution in [-0.2, 0) is 12.8 Å². The van der Waals surface area contributed by atoms with Crippen molar-refractivity contribution in [3.8, 4) is 0 Å². The summed E-state index contributed by atoms with van der Waals surface area (Å²) >= 11 is 0. The minimum Gasteiger partial charge on any atom is -0.300 e. The molecule has 0 bridgehead atoms. The van der Waals surface area contributed by atoms with Gasteiger partial charge in [0, 0.05) is 43.7 Å². The second kappa shape index (κ2) is 7.59. The van der Waals surface area contributed by atoms with Crippen LogP contribution in [0.15, 0.2) is 42.7 Å². The number of hydrogen-bond donors (Lipinski definition) is 0. The molecule has 3 aliphatic rings. The van der Waals surface area contributed by atoms with Gasteiger partial charge < -0.3 is 4.90 Å². The van der Waals surface area contributed by atoms with E-state index in [0.717, 1.165) is 23.9 Å². The van der Waals surface area contributed by atoms with Crippen molar-refractivity contribution in [3.63, 3.8) is 0 Å². The molecule has 2 fully saturated rings. The van der Waals surface area contributed by atoms with Gasteiger partial charge in [-0.3, -0.25) is 9.48 Å². The third-order valence-corrected chi connectivity index (χ3v) is 8.20. The molecule has 1 atom stereocenters. The molecule has 31 heavy (non-hydrogen) atoms. The number of piperidine rings is 1. The van der Waals surface area contributed by atoms with Gasteiger partial charge in [0.1, 0.15) is 0 Å². The van der Waals surface area contributed by atoms with Gasteiger partial charge in [-0.25, -0.2) is 0 Å². The predicted octanol–water partition coefficient (Wildman–Crippen LogP) is 5.19. The summed E-state index contributed by atoms with van der Waals surface area (Å²) in [5.41, 5.74) is 4.63. The second-order valence-electron chi connectivity index (χ2n) is 9.92. The molecular weight excluding hydrogens is 382 g/mol. The van der Waals surface area contributed by atoms with Gasteiger partial charge in [-0.1, -0.05) is 36.8 Å². The first-order valence-electron chi connectivity index (χ1n) is 12.0. The van der Waals surface area contributed by atoms with E-state index in [0.29, 0.717) is 12.5 Å². The summed E-state index contributed by atoms with van der Waals surface area (Å²) in [4.78, 5) is 15.0. The number of nitrogens with zero attached hydrogens (tertiary/aromatic N) is 3. The molecule has 0 N–H and O–H groups in total. The van der Waals surface area contributed by atoms with Crippen molar-refractivity contribution in [2.75, 3.05) is 13.1 Å². The molecule has 4 nitrogen and oxygen atoms in total. The average Bonchev–Trinajstić information content (AvgIpc) is 3.35. The summed E-state index contributed by atoms with van der Waals surface area (Å²) in [6, 6.07) is 11.8. The van der Waals surface area contributed by atoms with Crippen LogP contribution in [-0.4, -0.2) is 39.6 Å². The van der Waals surface area contributed by atoms with Crippen molar-refractivity contribution < 1.29 is 4.79 Å². The molecule has 0 unspecified atom stereocenters. The largest absolute Gasteiger partial charge is 0.300 e. The highest BCUT2D eigenvalue weighted by molar-refractivity contribution is 6.16. The van der Waals surface area contributed by atoms with Gasteiger partial charge in [0.2, 0.25) is 0 Å². The van der Waals surface area contributed by atoms with E-state index in [-0.39, 0.29) is 5.78 Å². The van der Waals surface area contributed by atoms with Gasteiger partial charge in [0.15, 0.2) is 5.78 Å². The molecule has 0 spiro atoms. The van der Waals surface area contributed by atoms with Crippen LogP contribution in [0.25, 0.3) is 10.8 Å². The van der Waals surface area contributed by atoms with E-state index in [4.69, 9.17) is 5.10 Å². The Kier molecular flexibility index (Phi) is 4.71. The normalized spacial score (nSPS) is 21.0. The van der Waals surface area contributed by atoms with E-state index in [1.54, 1.807) is 0 Å². The zero-order chi connectivity index (χ0) is 20.9. The molecule has 160 valence electrons. The van der Waals surface area contributed by atoms with E-state index in [1.165, 1.54) is 72.7 Å². The van der Waals surface area contributed by atoms with Crippen LogP contribution < -0.4 is 0 Å². The number of carbonyl (C=O) groups is 1. The Morgan fingerprint density at radius 3 is 2.71 bits per heavy atom. The van der Waals surface area contributed by atoms with Crippen molar-refractivity contribution in [1.82, 2.24) is 14.7 Å². The highest BCUT2D eigenvalue weighted by Gasteiger charge is 2.31. The Hall–Kier alpha value is -2.46. The summed E-state index contributed by atoms with van der Waals surface area (Å²) in [7, 11) is 0. The van der Waals surface area contributed by atoms with Gasteiger partial charge in [-0.2, -0.15) is 5.10 Å². The zero-order valence-electron chi connectivity index (χ0n) is 18.4. The molecule has 1 aliphatic heterocycles. The number of aromatic nitrogens is 2. The molecule has 2 aromatic carbocycles. The number of benzene rings is 2. The molecule has 6 rings (SSSR count). The van der Waals surface area contributed by atoms with Gasteiger partial charge >= 0.3 is 0 Å². The van der Waals surface area contributed by atoms with Crippen molar-refractivity contribution in [3.05, 3.63) is 65.0 Å². The van der Waals surface area contributed by atoms with Crippen LogP contribution in [0.3, 0.4) is 0 Å². The first kappa shape index (κ1) is 19.2. The van der Waals surface area contributed by atoms with E-state index >= 15 is 0 Å². The molecule has 1 saturated heterocycles. The Morgan fingerprint density at radius 1 is 1.10 bits per heavy atom. The van der Waals surface area contributed by atoms with Crippen LogP contribution in [0.2, 0.25) is 0 Å². The number of likely N-dealkylation sites (tertiary alicyclic amines) is 1. The lowest BCUT2D eigenvalue weighted by atomic mass is 9.79. The Bertz CT molecular complexity index is 1130. The van der Waals surface area contributed by atoms with Crippen molar-refractivity contribution >= 4 is 16.6 Å². The number of ketones is 1. The monoisotopic (exact) mass is 413 g/mol. The average molecular weight is 414 g/mol. The zero-order valence-corrected chi connectivity index (χ0v) is 18.4. The first-order valence-corrected chi connectivity index (χ1v) is 12.0. The minimum absolute atomic E-state index is 0.253. The molecular formula is C27H31N3O. The van der Waals surface area contributed by atoms with Crippen molar-refractivity contribution in [1.29, 1.82) is 0 Å². The molecule has 1 saturated carbocycles. The fraction of sp³-hybridized carbons (Fsp3) is 0.481. The smallest absolute Gasteiger partial charge is 0.167 e. The fourth-order valence-electron chi connectivity index (χ4n) is 6.01. The molecule has 2 aliphatic carbocycles. The Labute approximate surface area is 184 Å². The maximum atomic E-state index is 12.3. The topological polar surface area (TPSA) is 38.1 Å². The van der Waals surface area contributed by atoms with Crippen molar-refractivity contribution in [2.45, 2.75) is 64.0 Å². The van der Waals surface area contributed by atoms with E-state index in [9.17, 15) is 4.79 Å². The Balaban J connectivity index is 1.16. The number of Topliss-reactive ketones (excluding diaryl/α,β-unsaturated/α-hetero) is 1. The van der Waals surface area contributed by atoms with Crippen molar-refractivity contribution in [2.24, 2.45) is 5.92 Å². The first-order chi connectivity index (χ1) is 15.2. The molecule has 3 aromatic rings. The summed E-state index contributed by atoms with van der Waals surface area (Å²) in [5.74, 6) is 1.18. The molecule has 2 heterocycles. The molecule has 1 aromatic heterocycles. The summed E-state index contributed by atoms with van der Waals surface area (Å²) in [6.45, 7) is 4.82. The molecule has 4 heteroatoms. The van der Waals surface area contributed by atoms with Crippen LogP contribution in [0.1, 0.15) is 72.1 Å². The van der Waals surface area contributed by atoms with Gasteiger partial charge in [0.05, 0.1) is 12.2 Å². The molecule has 0 radical (unpaired) electrons. The van der Waals surface area contributed by atoms with Gasteiger partial charge in [-0.05, 0) is 66.0 Å². The standard InChI is InChI=1S/C27H31N3O/c1-18(20-4-2-5-20)29-12-10-23(11-13-29)30-17-19(16-28-30)14-21-8-9-22-15-26(31)25-7-3-6-24(21)27(22)25/h3,6-9,16-18,20,23H,2,4-5,10-15H2,1H3/t18-/m1/s1. The van der Waals surface area contributed by atoms with E-state index in [1.807, 2.05) is 18.3 Å². The quantitative estimate of drug-likeness (QED) is 0.578. The lowest BCUT2D eigenvalue weighted by Gasteiger charge is -2.42. The predicted molar refractivity (Wildman–Crippen MR) is 124 cm³/mol. The highest BCUT2D eigenvalue weighted by atomic mass is 16.1. The lowest BCUT2D eigenvalue weighted by molar-refractivity contribution is 0.0736. The van der Waals surface area contributed by atoms with E-state index < -0.39 is 0 Å². The van der Waals surface area contributed by atoms with Crippen LogP contribution in [0.4, 0.5) is 0 Å². The lowest BCUT2D eigenvalue weighted by Crippen LogP contribution is -2.45. The number of carbonyl (C=O) groups excluding carboxylic acids is 1. The third kappa shape index (κ3) is 3.32. The number of hydrogen-bond acceptors (Lipinski definition) is 3. The Morgan fingerprint density at radius 2 is 1.94 bits per heavy atom. The van der Waals surface area contributed by atoms with Gasteiger partial charge in [0.25, 0.3) is 0 Å². The van der Waals surface area contributed by atoms with Gasteiger partial charge in [-0.15, -0.1) is 0 Å². The van der Waals surface area contributed by atoms with Crippen LogP contribution in [0, 0.1) is 5.92 Å². The summed E-state index contributed by atoms with van der Waals surface area (Å²) < 4.78 is 2.21. The number of rotatable bonds is 5. The summed E-state index contributed by atoms with van der Waals surface area (Å²) in [6.07, 6.45) is 12.4. The second-order valence-corrected chi connectivity index (χ2v) is 9.92. The summed E-state index contributed by atoms with van der Waals surface area (Å²) in [5, 5.41) is 7.15. The third-order valence-electron chi connectivity index (χ3n) is 8.20. The van der Waals surface area contributed by atoms with E-state index in [2.05, 4.69) is 40.9 Å². The maximum absolute atomic E-state index is 12.3. The maximum Gasteiger partial charge on any atom is 0.167 e. The van der Waals surface area contributed by atoms with Crippen LogP contribution >= 0.6 is 0 Å². The molecule has 0 amide bonds. The SMILES string of the molecule is C[C@H](C1CCC1)N1CCC(n2cc(Cc3ccc4c5c(cccc35)C(=O)C4)cn2)CC1. The highest BCUT2D eigenvalue weighted by Crippen LogP contribution is 2.35. The van der Waals surface area contributed by atoms with Crippen LogP contribution in [0.5, 0.6) is 0 Å². The fourth-order valence-corrected chi connectivity index (χ4v) is 6.01.